The van der Waals surface area contributed by atoms with E-state index in [4.69, 9.17) is 11.6 Å². The van der Waals surface area contributed by atoms with Crippen LogP contribution in [0.3, 0.4) is 0 Å². The van der Waals surface area contributed by atoms with Gasteiger partial charge in [0.05, 0.1) is 0 Å². The fraction of sp³-hybridized carbons (Fsp3) is 0.200. The van der Waals surface area contributed by atoms with E-state index in [1.54, 1.807) is 6.07 Å². The molecule has 0 atom stereocenters. The minimum absolute atomic E-state index is 0.0258. The molecule has 2 aromatic rings. The second kappa shape index (κ2) is 5.07. The van der Waals surface area contributed by atoms with Crippen molar-refractivity contribution in [2.24, 2.45) is 0 Å². The smallest absolute Gasteiger partial charge is 0.395 e. The molecular weight excluding hydrogens is 300 g/mol. The Morgan fingerprint density at radius 1 is 1.10 bits per heavy atom. The molecule has 0 unspecified atom stereocenters. The molecule has 1 N–H and O–H groups in total. The molecular formula is C15H12ClF2NO2. The number of benzene rings is 2. The van der Waals surface area contributed by atoms with Gasteiger partial charge < -0.3 is 14.8 Å². The quantitative estimate of drug-likeness (QED) is 0.900. The topological polar surface area (TPSA) is 30.5 Å². The van der Waals surface area contributed by atoms with Crippen molar-refractivity contribution >= 4 is 17.3 Å². The molecule has 0 saturated carbocycles. The minimum atomic E-state index is -3.59. The van der Waals surface area contributed by atoms with Gasteiger partial charge >= 0.3 is 6.29 Å². The van der Waals surface area contributed by atoms with Gasteiger partial charge in [-0.15, -0.1) is 8.78 Å². The fourth-order valence-electron chi connectivity index (χ4n) is 2.11. The van der Waals surface area contributed by atoms with E-state index in [1.807, 2.05) is 25.1 Å². The highest BCUT2D eigenvalue weighted by Gasteiger charge is 2.43. The van der Waals surface area contributed by atoms with Crippen molar-refractivity contribution in [3.05, 3.63) is 52.5 Å². The zero-order valence-electron chi connectivity index (χ0n) is 11.1. The second-order valence-electron chi connectivity index (χ2n) is 4.75. The third kappa shape index (κ3) is 3.03. The molecule has 6 heteroatoms. The molecule has 0 aliphatic carbocycles. The van der Waals surface area contributed by atoms with Crippen LogP contribution in [0, 0.1) is 6.92 Å². The average Bonchev–Trinajstić information content (AvgIpc) is 2.70. The number of rotatable bonds is 3. The molecule has 1 heterocycles. The van der Waals surface area contributed by atoms with E-state index in [0.29, 0.717) is 17.3 Å². The van der Waals surface area contributed by atoms with Crippen molar-refractivity contribution in [3.8, 4) is 11.5 Å². The average molecular weight is 312 g/mol. The summed E-state index contributed by atoms with van der Waals surface area (Å²) in [5.74, 6) is 0.0612. The van der Waals surface area contributed by atoms with Crippen LogP contribution >= 0.6 is 11.6 Å². The summed E-state index contributed by atoms with van der Waals surface area (Å²) in [5.41, 5.74) is 2.80. The SMILES string of the molecule is Cc1cc(Cl)ccc1CNc1ccc2c(c1)OC(F)(F)O2. The number of hydrogen-bond acceptors (Lipinski definition) is 3. The molecule has 0 saturated heterocycles. The van der Waals surface area contributed by atoms with Gasteiger partial charge in [-0.2, -0.15) is 0 Å². The molecule has 0 spiro atoms. The summed E-state index contributed by atoms with van der Waals surface area (Å²) in [6.45, 7) is 2.52. The molecule has 3 nitrogen and oxygen atoms in total. The number of anilines is 1. The normalized spacial score (nSPS) is 15.0. The lowest BCUT2D eigenvalue weighted by molar-refractivity contribution is -0.286. The van der Waals surface area contributed by atoms with Crippen LogP contribution in [0.2, 0.25) is 5.02 Å². The zero-order valence-corrected chi connectivity index (χ0v) is 11.9. The highest BCUT2D eigenvalue weighted by atomic mass is 35.5. The molecule has 0 bridgehead atoms. The van der Waals surface area contributed by atoms with E-state index in [0.717, 1.165) is 11.1 Å². The van der Waals surface area contributed by atoms with Crippen LogP contribution in [0.15, 0.2) is 36.4 Å². The first kappa shape index (κ1) is 13.9. The third-order valence-corrected chi connectivity index (χ3v) is 3.42. The van der Waals surface area contributed by atoms with Crippen LogP contribution < -0.4 is 14.8 Å². The van der Waals surface area contributed by atoms with E-state index in [-0.39, 0.29) is 11.5 Å². The van der Waals surface area contributed by atoms with Crippen molar-refractivity contribution in [1.82, 2.24) is 0 Å². The fourth-order valence-corrected chi connectivity index (χ4v) is 2.34. The lowest BCUT2D eigenvalue weighted by Crippen LogP contribution is -2.25. The predicted molar refractivity (Wildman–Crippen MR) is 76.2 cm³/mol. The minimum Gasteiger partial charge on any atom is -0.395 e. The number of hydrogen-bond donors (Lipinski definition) is 1. The monoisotopic (exact) mass is 311 g/mol. The molecule has 3 rings (SSSR count). The van der Waals surface area contributed by atoms with Gasteiger partial charge in [-0.1, -0.05) is 17.7 Å². The predicted octanol–water partition coefficient (Wildman–Crippen LogP) is 4.58. The molecule has 0 amide bonds. The van der Waals surface area contributed by atoms with Gasteiger partial charge in [0.2, 0.25) is 0 Å². The van der Waals surface area contributed by atoms with Gasteiger partial charge in [-0.25, -0.2) is 0 Å². The molecule has 1 aliphatic rings. The Hall–Kier alpha value is -2.01. The van der Waals surface area contributed by atoms with E-state index >= 15 is 0 Å². The van der Waals surface area contributed by atoms with Crippen LogP contribution in [0.4, 0.5) is 14.5 Å². The summed E-state index contributed by atoms with van der Waals surface area (Å²) in [4.78, 5) is 0. The molecule has 0 aromatic heterocycles. The summed E-state index contributed by atoms with van der Waals surface area (Å²) in [5, 5.41) is 3.84. The molecule has 0 radical (unpaired) electrons. The summed E-state index contributed by atoms with van der Waals surface area (Å²) in [6.07, 6.45) is -3.59. The van der Waals surface area contributed by atoms with Crippen molar-refractivity contribution in [1.29, 1.82) is 0 Å². The van der Waals surface area contributed by atoms with Gasteiger partial charge in [0.25, 0.3) is 0 Å². The van der Waals surface area contributed by atoms with Gasteiger partial charge in [0.15, 0.2) is 11.5 Å². The maximum Gasteiger partial charge on any atom is 0.586 e. The Bertz CT molecular complexity index is 691. The number of nitrogens with one attached hydrogen (secondary N) is 1. The molecule has 0 fully saturated rings. The summed E-state index contributed by atoms with van der Waals surface area (Å²) < 4.78 is 34.6. The third-order valence-electron chi connectivity index (χ3n) is 3.19. The van der Waals surface area contributed by atoms with Gasteiger partial charge in [-0.05, 0) is 42.3 Å². The Balaban J connectivity index is 1.72. The first-order valence-electron chi connectivity index (χ1n) is 6.32. The maximum absolute atomic E-state index is 12.9. The highest BCUT2D eigenvalue weighted by molar-refractivity contribution is 6.30. The molecule has 21 heavy (non-hydrogen) atoms. The molecule has 110 valence electrons. The van der Waals surface area contributed by atoms with E-state index < -0.39 is 6.29 Å². The lowest BCUT2D eigenvalue weighted by atomic mass is 10.1. The van der Waals surface area contributed by atoms with Crippen molar-refractivity contribution < 1.29 is 18.3 Å². The number of aryl methyl sites for hydroxylation is 1. The van der Waals surface area contributed by atoms with Crippen molar-refractivity contribution in [2.75, 3.05) is 5.32 Å². The molecule has 1 aliphatic heterocycles. The largest absolute Gasteiger partial charge is 0.586 e. The van der Waals surface area contributed by atoms with E-state index in [1.165, 1.54) is 12.1 Å². The zero-order chi connectivity index (χ0) is 15.0. The number of alkyl halides is 2. The first-order chi connectivity index (χ1) is 9.93. The number of fused-ring (bicyclic) bond motifs is 1. The van der Waals surface area contributed by atoms with Gasteiger partial charge in [0.1, 0.15) is 0 Å². The molecule has 2 aromatic carbocycles. The number of ether oxygens (including phenoxy) is 2. The highest BCUT2D eigenvalue weighted by Crippen LogP contribution is 2.42. The lowest BCUT2D eigenvalue weighted by Gasteiger charge is -2.10. The Morgan fingerprint density at radius 2 is 1.86 bits per heavy atom. The summed E-state index contributed by atoms with van der Waals surface area (Å²) in [6, 6.07) is 10.2. The Labute approximate surface area is 125 Å². The van der Waals surface area contributed by atoms with Crippen LogP contribution in [0.5, 0.6) is 11.5 Å². The number of halogens is 3. The van der Waals surface area contributed by atoms with Crippen molar-refractivity contribution in [3.63, 3.8) is 0 Å². The van der Waals surface area contributed by atoms with Gasteiger partial charge in [0, 0.05) is 23.3 Å². The first-order valence-corrected chi connectivity index (χ1v) is 6.69. The Morgan fingerprint density at radius 3 is 2.62 bits per heavy atom. The standard InChI is InChI=1S/C15H12ClF2NO2/c1-9-6-11(16)3-2-10(9)8-19-12-4-5-13-14(7-12)21-15(17,18)20-13/h2-7,19H,8H2,1H3. The van der Waals surface area contributed by atoms with Crippen LogP contribution in [0.1, 0.15) is 11.1 Å². The van der Waals surface area contributed by atoms with E-state index in [9.17, 15) is 8.78 Å². The van der Waals surface area contributed by atoms with Crippen LogP contribution in [-0.2, 0) is 6.54 Å². The second-order valence-corrected chi connectivity index (χ2v) is 5.19. The van der Waals surface area contributed by atoms with Crippen LogP contribution in [0.25, 0.3) is 0 Å². The van der Waals surface area contributed by atoms with Crippen molar-refractivity contribution in [2.45, 2.75) is 19.8 Å². The summed E-state index contributed by atoms with van der Waals surface area (Å²) in [7, 11) is 0. The Kier molecular flexibility index (Phi) is 3.37. The van der Waals surface area contributed by atoms with Gasteiger partial charge in [-0.3, -0.25) is 0 Å². The maximum atomic E-state index is 12.9. The summed E-state index contributed by atoms with van der Waals surface area (Å²) >= 11 is 5.90. The van der Waals surface area contributed by atoms with Crippen LogP contribution in [-0.4, -0.2) is 6.29 Å². The van der Waals surface area contributed by atoms with E-state index in [2.05, 4.69) is 14.8 Å².